The van der Waals surface area contributed by atoms with Gasteiger partial charge in [-0.25, -0.2) is 0 Å². The van der Waals surface area contributed by atoms with Gasteiger partial charge in [0.15, 0.2) is 0 Å². The second kappa shape index (κ2) is 8.20. The molecule has 1 heterocycles. The minimum Gasteiger partial charge on any atom is -0.378 e. The van der Waals surface area contributed by atoms with Crippen LogP contribution in [-0.4, -0.2) is 27.2 Å². The van der Waals surface area contributed by atoms with Crippen LogP contribution in [0.1, 0.15) is 23.1 Å². The Morgan fingerprint density at radius 2 is 1.39 bits per heavy atom. The Hall–Kier alpha value is -2.58. The Labute approximate surface area is 169 Å². The van der Waals surface area contributed by atoms with Crippen LogP contribution >= 0.6 is 0 Å². The van der Waals surface area contributed by atoms with E-state index in [1.807, 2.05) is 0 Å². The number of hydrogen-bond donors (Lipinski definition) is 1. The van der Waals surface area contributed by atoms with E-state index in [0.717, 1.165) is 25.9 Å². The number of anilines is 1. The van der Waals surface area contributed by atoms with Gasteiger partial charge in [0.1, 0.15) is 0 Å². The molecular weight excluding hydrogens is 340 g/mol. The van der Waals surface area contributed by atoms with Gasteiger partial charge in [0.2, 0.25) is 0 Å². The molecule has 4 rings (SSSR count). The molecule has 144 valence electrons. The average molecular weight is 371 g/mol. The van der Waals surface area contributed by atoms with Crippen LogP contribution in [0.5, 0.6) is 0 Å². The molecule has 3 aromatic rings. The third-order valence-corrected chi connectivity index (χ3v) is 6.30. The van der Waals surface area contributed by atoms with Crippen molar-refractivity contribution in [3.8, 4) is 0 Å². The minimum absolute atomic E-state index is 0.0496. The van der Waals surface area contributed by atoms with E-state index in [0.29, 0.717) is 5.92 Å². The molecule has 0 amide bonds. The van der Waals surface area contributed by atoms with Crippen molar-refractivity contribution in [1.82, 2.24) is 5.32 Å². The van der Waals surface area contributed by atoms with Crippen LogP contribution < -0.4 is 10.2 Å². The molecule has 1 N–H and O–H groups in total. The highest BCUT2D eigenvalue weighted by Crippen LogP contribution is 2.45. The highest BCUT2D eigenvalue weighted by molar-refractivity contribution is 5.47. The monoisotopic (exact) mass is 370 g/mol. The Kier molecular flexibility index (Phi) is 5.50. The summed E-state index contributed by atoms with van der Waals surface area (Å²) >= 11 is 0. The Morgan fingerprint density at radius 3 is 1.93 bits per heavy atom. The summed E-state index contributed by atoms with van der Waals surface area (Å²) in [5.74, 6) is 0.510. The number of hydrogen-bond acceptors (Lipinski definition) is 2. The minimum atomic E-state index is 0.0496. The average Bonchev–Trinajstić information content (AvgIpc) is 2.76. The molecule has 0 spiro atoms. The number of nitrogens with zero attached hydrogens (tertiary/aromatic N) is 1. The quantitative estimate of drug-likeness (QED) is 0.688. The SMILES string of the molecule is CN(C)c1ccc(CC2CNCCC2(c2ccccc2)c2ccccc2)cc1. The van der Waals surface area contributed by atoms with Crippen molar-refractivity contribution < 1.29 is 0 Å². The van der Waals surface area contributed by atoms with E-state index in [1.54, 1.807) is 0 Å². The molecule has 1 fully saturated rings. The normalized spacial score (nSPS) is 18.6. The molecular formula is C26H30N2. The van der Waals surface area contributed by atoms with Crippen LogP contribution in [0, 0.1) is 5.92 Å². The summed E-state index contributed by atoms with van der Waals surface area (Å²) in [4.78, 5) is 2.16. The van der Waals surface area contributed by atoms with E-state index >= 15 is 0 Å². The van der Waals surface area contributed by atoms with Crippen LogP contribution in [0.3, 0.4) is 0 Å². The molecule has 0 bridgehead atoms. The van der Waals surface area contributed by atoms with Crippen molar-refractivity contribution in [3.63, 3.8) is 0 Å². The van der Waals surface area contributed by atoms with E-state index < -0.39 is 0 Å². The van der Waals surface area contributed by atoms with Crippen molar-refractivity contribution in [3.05, 3.63) is 102 Å². The molecule has 1 saturated heterocycles. The van der Waals surface area contributed by atoms with E-state index in [9.17, 15) is 0 Å². The molecule has 1 atom stereocenters. The van der Waals surface area contributed by atoms with Gasteiger partial charge in [-0.3, -0.25) is 0 Å². The van der Waals surface area contributed by atoms with Gasteiger partial charge in [0, 0.05) is 25.2 Å². The first-order chi connectivity index (χ1) is 13.7. The zero-order valence-corrected chi connectivity index (χ0v) is 16.9. The molecule has 0 aliphatic carbocycles. The maximum atomic E-state index is 3.67. The Morgan fingerprint density at radius 1 is 0.821 bits per heavy atom. The smallest absolute Gasteiger partial charge is 0.0361 e. The first-order valence-corrected chi connectivity index (χ1v) is 10.3. The van der Waals surface area contributed by atoms with Crippen molar-refractivity contribution in [2.24, 2.45) is 5.92 Å². The molecule has 1 unspecified atom stereocenters. The lowest BCUT2D eigenvalue weighted by Crippen LogP contribution is -2.49. The third-order valence-electron chi connectivity index (χ3n) is 6.30. The lowest BCUT2D eigenvalue weighted by Gasteiger charge is -2.46. The standard InChI is InChI=1S/C26H30N2/c1-28(2)25-15-13-21(14-16-25)19-24-20-27-18-17-26(24,22-9-5-3-6-10-22)23-11-7-4-8-12-23/h3-16,24,27H,17-20H2,1-2H3. The maximum Gasteiger partial charge on any atom is 0.0361 e. The fourth-order valence-electron chi connectivity index (χ4n) is 4.80. The summed E-state index contributed by atoms with van der Waals surface area (Å²) in [5.41, 5.74) is 5.60. The topological polar surface area (TPSA) is 15.3 Å². The zero-order valence-electron chi connectivity index (χ0n) is 16.9. The summed E-state index contributed by atoms with van der Waals surface area (Å²) in [5, 5.41) is 3.67. The van der Waals surface area contributed by atoms with Gasteiger partial charge in [0.05, 0.1) is 0 Å². The van der Waals surface area contributed by atoms with Crippen LogP contribution in [0.4, 0.5) is 5.69 Å². The van der Waals surface area contributed by atoms with E-state index in [2.05, 4.69) is 109 Å². The molecule has 0 radical (unpaired) electrons. The largest absolute Gasteiger partial charge is 0.378 e. The molecule has 28 heavy (non-hydrogen) atoms. The van der Waals surface area contributed by atoms with Crippen molar-refractivity contribution in [1.29, 1.82) is 0 Å². The second-order valence-electron chi connectivity index (χ2n) is 8.12. The van der Waals surface area contributed by atoms with Crippen molar-refractivity contribution in [2.75, 3.05) is 32.1 Å². The lowest BCUT2D eigenvalue weighted by molar-refractivity contribution is 0.240. The number of benzene rings is 3. The first-order valence-electron chi connectivity index (χ1n) is 10.3. The van der Waals surface area contributed by atoms with Crippen molar-refractivity contribution in [2.45, 2.75) is 18.3 Å². The third kappa shape index (κ3) is 3.57. The summed E-state index contributed by atoms with van der Waals surface area (Å²) in [6, 6.07) is 31.3. The molecule has 2 nitrogen and oxygen atoms in total. The van der Waals surface area contributed by atoms with Gasteiger partial charge in [0.25, 0.3) is 0 Å². The van der Waals surface area contributed by atoms with Gasteiger partial charge < -0.3 is 10.2 Å². The molecule has 3 aromatic carbocycles. The van der Waals surface area contributed by atoms with Gasteiger partial charge in [-0.1, -0.05) is 72.8 Å². The summed E-state index contributed by atoms with van der Waals surface area (Å²) in [6.45, 7) is 2.10. The van der Waals surface area contributed by atoms with Crippen LogP contribution in [0.2, 0.25) is 0 Å². The first kappa shape index (κ1) is 18.8. The number of nitrogens with one attached hydrogen (secondary N) is 1. The fraction of sp³-hybridized carbons (Fsp3) is 0.308. The van der Waals surface area contributed by atoms with Gasteiger partial charge in [-0.05, 0) is 60.7 Å². The van der Waals surface area contributed by atoms with Crippen molar-refractivity contribution >= 4 is 5.69 Å². The molecule has 0 aromatic heterocycles. The number of rotatable bonds is 5. The van der Waals surface area contributed by atoms with Gasteiger partial charge >= 0.3 is 0 Å². The molecule has 1 aliphatic heterocycles. The van der Waals surface area contributed by atoms with Gasteiger partial charge in [-0.2, -0.15) is 0 Å². The lowest BCUT2D eigenvalue weighted by atomic mass is 9.61. The zero-order chi connectivity index (χ0) is 19.4. The van der Waals surface area contributed by atoms with Gasteiger partial charge in [-0.15, -0.1) is 0 Å². The van der Waals surface area contributed by atoms with E-state index in [-0.39, 0.29) is 5.41 Å². The number of piperidine rings is 1. The maximum absolute atomic E-state index is 3.67. The summed E-state index contributed by atoms with van der Waals surface area (Å²) < 4.78 is 0. The van der Waals surface area contributed by atoms with Crippen LogP contribution in [0.25, 0.3) is 0 Å². The van der Waals surface area contributed by atoms with Crippen LogP contribution in [0.15, 0.2) is 84.9 Å². The molecule has 0 saturated carbocycles. The fourth-order valence-corrected chi connectivity index (χ4v) is 4.80. The highest BCUT2D eigenvalue weighted by Gasteiger charge is 2.43. The molecule has 1 aliphatic rings. The highest BCUT2D eigenvalue weighted by atomic mass is 15.1. The predicted molar refractivity (Wildman–Crippen MR) is 119 cm³/mol. The summed E-state index contributed by atoms with van der Waals surface area (Å²) in [7, 11) is 4.19. The summed E-state index contributed by atoms with van der Waals surface area (Å²) in [6.07, 6.45) is 2.20. The molecule has 2 heteroatoms. The second-order valence-corrected chi connectivity index (χ2v) is 8.12. The van der Waals surface area contributed by atoms with E-state index in [1.165, 1.54) is 22.4 Å². The van der Waals surface area contributed by atoms with Crippen LogP contribution in [-0.2, 0) is 11.8 Å². The van der Waals surface area contributed by atoms with E-state index in [4.69, 9.17) is 0 Å². The predicted octanol–water partition coefficient (Wildman–Crippen LogP) is 4.89. The Bertz CT molecular complexity index is 830. The Balaban J connectivity index is 1.75.